The molecule has 1 aromatic carbocycles. The van der Waals surface area contributed by atoms with Crippen LogP contribution in [0.2, 0.25) is 0 Å². The van der Waals surface area contributed by atoms with Gasteiger partial charge in [0.25, 0.3) is 11.6 Å². The highest BCUT2D eigenvalue weighted by molar-refractivity contribution is 9.10. The number of hydrogen-bond donors (Lipinski definition) is 1. The van der Waals surface area contributed by atoms with E-state index < -0.39 is 4.92 Å². The second-order valence-corrected chi connectivity index (χ2v) is 5.16. The molecule has 0 aliphatic carbocycles. The standard InChI is InChI=1S/C12H14BrClN2O4/c13-10-6-9(7-11(8-10)16(18)19)12(17)15-3-1-4-20-5-2-14/h6-8H,1-5H2,(H,15,17). The number of ether oxygens (including phenoxy) is 1. The largest absolute Gasteiger partial charge is 0.380 e. The number of nitro benzene ring substituents is 1. The van der Waals surface area contributed by atoms with Crippen molar-refractivity contribution in [1.29, 1.82) is 0 Å². The van der Waals surface area contributed by atoms with Gasteiger partial charge in [-0.3, -0.25) is 14.9 Å². The lowest BCUT2D eigenvalue weighted by molar-refractivity contribution is -0.385. The molecule has 1 amide bonds. The average Bonchev–Trinajstić information content (AvgIpc) is 2.41. The number of hydrogen-bond acceptors (Lipinski definition) is 4. The minimum absolute atomic E-state index is 0.130. The van der Waals surface area contributed by atoms with Crippen molar-refractivity contribution < 1.29 is 14.5 Å². The Labute approximate surface area is 129 Å². The van der Waals surface area contributed by atoms with Crippen molar-refractivity contribution in [2.24, 2.45) is 0 Å². The quantitative estimate of drug-likeness (QED) is 0.332. The molecule has 0 atom stereocenters. The Balaban J connectivity index is 2.49. The smallest absolute Gasteiger partial charge is 0.271 e. The normalized spacial score (nSPS) is 10.3. The van der Waals surface area contributed by atoms with Crippen LogP contribution in [0.1, 0.15) is 16.8 Å². The lowest BCUT2D eigenvalue weighted by Gasteiger charge is -2.06. The minimum atomic E-state index is -0.540. The number of halogens is 2. The van der Waals surface area contributed by atoms with Gasteiger partial charge >= 0.3 is 0 Å². The van der Waals surface area contributed by atoms with Crippen LogP contribution >= 0.6 is 27.5 Å². The molecule has 0 aliphatic rings. The Kier molecular flexibility index (Phi) is 7.50. The second-order valence-electron chi connectivity index (χ2n) is 3.87. The Bertz CT molecular complexity index is 485. The Hall–Kier alpha value is -1.18. The van der Waals surface area contributed by atoms with Crippen LogP contribution in [-0.4, -0.2) is 36.5 Å². The van der Waals surface area contributed by atoms with Crippen LogP contribution in [0.3, 0.4) is 0 Å². The van der Waals surface area contributed by atoms with Crippen molar-refractivity contribution in [3.8, 4) is 0 Å². The lowest BCUT2D eigenvalue weighted by Crippen LogP contribution is -2.25. The zero-order chi connectivity index (χ0) is 15.0. The van der Waals surface area contributed by atoms with Gasteiger partial charge in [-0.25, -0.2) is 0 Å². The fraction of sp³-hybridized carbons (Fsp3) is 0.417. The van der Waals surface area contributed by atoms with Crippen molar-refractivity contribution in [1.82, 2.24) is 5.32 Å². The zero-order valence-corrected chi connectivity index (χ0v) is 12.9. The first-order valence-electron chi connectivity index (χ1n) is 5.91. The number of nitrogens with zero attached hydrogens (tertiary/aromatic N) is 1. The van der Waals surface area contributed by atoms with Crippen molar-refractivity contribution in [3.05, 3.63) is 38.3 Å². The SMILES string of the molecule is O=C(NCCCOCCCl)c1cc(Br)cc([N+](=O)[O-])c1. The number of carbonyl (C=O) groups excluding carboxylic acids is 1. The maximum Gasteiger partial charge on any atom is 0.271 e. The van der Waals surface area contributed by atoms with Crippen LogP contribution in [0.5, 0.6) is 0 Å². The number of rotatable bonds is 8. The van der Waals surface area contributed by atoms with E-state index in [1.165, 1.54) is 18.2 Å². The van der Waals surface area contributed by atoms with Crippen molar-refractivity contribution in [2.45, 2.75) is 6.42 Å². The summed E-state index contributed by atoms with van der Waals surface area (Å²) in [6.45, 7) is 1.42. The molecule has 20 heavy (non-hydrogen) atoms. The molecule has 0 fully saturated rings. The molecule has 0 aromatic heterocycles. The van der Waals surface area contributed by atoms with Crippen molar-refractivity contribution >= 4 is 39.1 Å². The zero-order valence-electron chi connectivity index (χ0n) is 10.6. The van der Waals surface area contributed by atoms with Gasteiger partial charge in [0.05, 0.1) is 11.5 Å². The van der Waals surface area contributed by atoms with Crippen LogP contribution in [-0.2, 0) is 4.74 Å². The third-order valence-corrected chi connectivity index (χ3v) is 2.94. The fourth-order valence-corrected chi connectivity index (χ4v) is 2.04. The third kappa shape index (κ3) is 5.85. The fourth-order valence-electron chi connectivity index (χ4n) is 1.45. The average molecular weight is 366 g/mol. The maximum absolute atomic E-state index is 11.8. The molecule has 8 heteroatoms. The minimum Gasteiger partial charge on any atom is -0.380 e. The first-order valence-corrected chi connectivity index (χ1v) is 7.24. The molecule has 0 unspecified atom stereocenters. The van der Waals surface area contributed by atoms with Gasteiger partial charge in [0.15, 0.2) is 0 Å². The van der Waals surface area contributed by atoms with E-state index in [-0.39, 0.29) is 17.2 Å². The van der Waals surface area contributed by atoms with E-state index in [2.05, 4.69) is 21.2 Å². The van der Waals surface area contributed by atoms with E-state index in [9.17, 15) is 14.9 Å². The van der Waals surface area contributed by atoms with Gasteiger partial charge < -0.3 is 10.1 Å². The van der Waals surface area contributed by atoms with Gasteiger partial charge in [0.1, 0.15) is 0 Å². The molecular weight excluding hydrogens is 351 g/mol. The van der Waals surface area contributed by atoms with Crippen molar-refractivity contribution in [2.75, 3.05) is 25.6 Å². The van der Waals surface area contributed by atoms with Crippen LogP contribution in [0.4, 0.5) is 5.69 Å². The molecular formula is C12H14BrClN2O4. The van der Waals surface area contributed by atoms with Gasteiger partial charge in [0.2, 0.25) is 0 Å². The number of amides is 1. The van der Waals surface area contributed by atoms with Crippen LogP contribution < -0.4 is 5.32 Å². The Morgan fingerprint density at radius 3 is 2.80 bits per heavy atom. The van der Waals surface area contributed by atoms with E-state index in [0.29, 0.717) is 36.5 Å². The summed E-state index contributed by atoms with van der Waals surface area (Å²) < 4.78 is 5.65. The number of nitro groups is 1. The molecule has 0 radical (unpaired) electrons. The molecule has 0 bridgehead atoms. The lowest BCUT2D eigenvalue weighted by atomic mass is 10.2. The summed E-state index contributed by atoms with van der Waals surface area (Å²) in [4.78, 5) is 22.0. The van der Waals surface area contributed by atoms with E-state index in [1.807, 2.05) is 0 Å². The first kappa shape index (κ1) is 16.9. The van der Waals surface area contributed by atoms with Gasteiger partial charge in [-0.2, -0.15) is 0 Å². The number of nitrogens with one attached hydrogen (secondary N) is 1. The van der Waals surface area contributed by atoms with Gasteiger partial charge in [-0.15, -0.1) is 11.6 Å². The predicted molar refractivity (Wildman–Crippen MR) is 79.3 cm³/mol. The van der Waals surface area contributed by atoms with Crippen LogP contribution in [0.15, 0.2) is 22.7 Å². The van der Waals surface area contributed by atoms with Gasteiger partial charge in [-0.05, 0) is 12.5 Å². The Morgan fingerprint density at radius 1 is 1.40 bits per heavy atom. The second kappa shape index (κ2) is 8.89. The van der Waals surface area contributed by atoms with E-state index in [1.54, 1.807) is 0 Å². The summed E-state index contributed by atoms with van der Waals surface area (Å²) >= 11 is 8.59. The van der Waals surface area contributed by atoms with E-state index in [4.69, 9.17) is 16.3 Å². The van der Waals surface area contributed by atoms with Gasteiger partial charge in [-0.1, -0.05) is 15.9 Å². The molecule has 0 aliphatic heterocycles. The molecule has 110 valence electrons. The topological polar surface area (TPSA) is 81.5 Å². The predicted octanol–water partition coefficient (Wildman–Crippen LogP) is 2.73. The van der Waals surface area contributed by atoms with Gasteiger partial charge in [0, 0.05) is 41.2 Å². The van der Waals surface area contributed by atoms with Crippen molar-refractivity contribution in [3.63, 3.8) is 0 Å². The summed E-state index contributed by atoms with van der Waals surface area (Å²) in [5.41, 5.74) is 0.114. The van der Waals surface area contributed by atoms with E-state index in [0.717, 1.165) is 0 Å². The van der Waals surface area contributed by atoms with Crippen LogP contribution in [0.25, 0.3) is 0 Å². The number of non-ortho nitro benzene ring substituents is 1. The molecule has 1 aromatic rings. The number of carbonyl (C=O) groups is 1. The highest BCUT2D eigenvalue weighted by atomic mass is 79.9. The van der Waals surface area contributed by atoms with E-state index >= 15 is 0 Å². The molecule has 6 nitrogen and oxygen atoms in total. The highest BCUT2D eigenvalue weighted by Gasteiger charge is 2.13. The monoisotopic (exact) mass is 364 g/mol. The maximum atomic E-state index is 11.8. The highest BCUT2D eigenvalue weighted by Crippen LogP contribution is 2.21. The molecule has 1 N–H and O–H groups in total. The molecule has 0 spiro atoms. The summed E-state index contributed by atoms with van der Waals surface area (Å²) in [6.07, 6.45) is 0.652. The molecule has 1 rings (SSSR count). The Morgan fingerprint density at radius 2 is 2.15 bits per heavy atom. The molecule has 0 saturated carbocycles. The summed E-state index contributed by atoms with van der Waals surface area (Å²) in [5.74, 6) is 0.0837. The summed E-state index contributed by atoms with van der Waals surface area (Å²) in [5, 5.41) is 13.4. The molecule has 0 heterocycles. The van der Waals surface area contributed by atoms with Crippen LogP contribution in [0, 0.1) is 10.1 Å². The number of benzene rings is 1. The summed E-state index contributed by atoms with van der Waals surface area (Å²) in [6, 6.07) is 4.12. The number of alkyl halides is 1. The summed E-state index contributed by atoms with van der Waals surface area (Å²) in [7, 11) is 0. The first-order chi connectivity index (χ1) is 9.54. The molecule has 0 saturated heterocycles. The third-order valence-electron chi connectivity index (χ3n) is 2.33.